The summed E-state index contributed by atoms with van der Waals surface area (Å²) in [6.07, 6.45) is 1.72. The number of pyridine rings is 1. The molecule has 0 spiro atoms. The van der Waals surface area contributed by atoms with Crippen LogP contribution in [0.25, 0.3) is 11.3 Å². The molecule has 0 aliphatic heterocycles. The number of halogens is 1. The Morgan fingerprint density at radius 1 is 1.17 bits per heavy atom. The van der Waals surface area contributed by atoms with Crippen molar-refractivity contribution in [2.45, 2.75) is 26.3 Å². The van der Waals surface area contributed by atoms with Crippen molar-refractivity contribution in [3.8, 4) is 11.3 Å². The molecular formula is C18H19FN4. The number of nitrogens with zero attached hydrogens (tertiary/aromatic N) is 2. The summed E-state index contributed by atoms with van der Waals surface area (Å²) in [4.78, 5) is 4.04. The van der Waals surface area contributed by atoms with E-state index in [1.165, 1.54) is 0 Å². The smallest absolute Gasteiger partial charge is 0.216 e. The molecule has 0 bridgehead atoms. The van der Waals surface area contributed by atoms with Crippen molar-refractivity contribution < 1.29 is 4.39 Å². The highest BCUT2D eigenvalue weighted by molar-refractivity contribution is 5.64. The molecule has 0 atom stereocenters. The summed E-state index contributed by atoms with van der Waals surface area (Å²) < 4.78 is 13.9. The number of benzene rings is 1. The number of nitrogens with one attached hydrogen (secondary N) is 2. The number of hydrogen-bond acceptors (Lipinski definition) is 3. The lowest BCUT2D eigenvalue weighted by atomic mass is 10.1. The Morgan fingerprint density at radius 3 is 2.74 bits per heavy atom. The van der Waals surface area contributed by atoms with Crippen LogP contribution in [0.1, 0.15) is 31.0 Å². The van der Waals surface area contributed by atoms with Gasteiger partial charge in [0, 0.05) is 23.0 Å². The average molecular weight is 310 g/mol. The second-order valence-electron chi connectivity index (χ2n) is 5.74. The van der Waals surface area contributed by atoms with Crippen molar-refractivity contribution in [1.82, 2.24) is 15.2 Å². The second-order valence-corrected chi connectivity index (χ2v) is 5.74. The van der Waals surface area contributed by atoms with Gasteiger partial charge in [-0.15, -0.1) is 0 Å². The fraction of sp³-hybridized carbons (Fsp3) is 0.222. The maximum Gasteiger partial charge on any atom is 0.216 e. The SMILES string of the molecule is CC(C)c1ccc(CNc2cccc(-c3ccn[nH]3)c2)nc1F. The Kier molecular flexibility index (Phi) is 4.37. The minimum absolute atomic E-state index is 0.135. The lowest BCUT2D eigenvalue weighted by Crippen LogP contribution is -2.05. The van der Waals surface area contributed by atoms with Crippen LogP contribution in [-0.4, -0.2) is 15.2 Å². The Hall–Kier alpha value is -2.69. The van der Waals surface area contributed by atoms with E-state index in [0.717, 1.165) is 16.9 Å². The summed E-state index contributed by atoms with van der Waals surface area (Å²) in [6.45, 7) is 4.39. The first kappa shape index (κ1) is 15.2. The van der Waals surface area contributed by atoms with Gasteiger partial charge in [-0.25, -0.2) is 4.98 Å². The van der Waals surface area contributed by atoms with Crippen LogP contribution in [0.5, 0.6) is 0 Å². The normalized spacial score (nSPS) is 11.0. The zero-order valence-electron chi connectivity index (χ0n) is 13.2. The molecule has 0 radical (unpaired) electrons. The Bertz CT molecular complexity index is 781. The summed E-state index contributed by atoms with van der Waals surface area (Å²) in [5.74, 6) is -0.249. The first-order chi connectivity index (χ1) is 11.1. The van der Waals surface area contributed by atoms with Crippen LogP contribution >= 0.6 is 0 Å². The third kappa shape index (κ3) is 3.56. The van der Waals surface area contributed by atoms with Gasteiger partial charge in [-0.05, 0) is 30.2 Å². The zero-order valence-corrected chi connectivity index (χ0v) is 13.2. The molecule has 0 fully saturated rings. The van der Waals surface area contributed by atoms with Crippen LogP contribution < -0.4 is 5.32 Å². The lowest BCUT2D eigenvalue weighted by molar-refractivity contribution is 0.551. The first-order valence-electron chi connectivity index (χ1n) is 7.62. The highest BCUT2D eigenvalue weighted by Crippen LogP contribution is 2.21. The van der Waals surface area contributed by atoms with Gasteiger partial charge in [0.25, 0.3) is 0 Å². The molecule has 1 aromatic carbocycles. The van der Waals surface area contributed by atoms with E-state index in [9.17, 15) is 4.39 Å². The fourth-order valence-electron chi connectivity index (χ4n) is 2.42. The molecule has 0 saturated carbocycles. The average Bonchev–Trinajstić information content (AvgIpc) is 3.07. The summed E-state index contributed by atoms with van der Waals surface area (Å²) in [5, 5.41) is 10.2. The van der Waals surface area contributed by atoms with E-state index in [-0.39, 0.29) is 11.9 Å². The molecule has 118 valence electrons. The fourth-order valence-corrected chi connectivity index (χ4v) is 2.42. The van der Waals surface area contributed by atoms with E-state index < -0.39 is 0 Å². The Morgan fingerprint density at radius 2 is 2.04 bits per heavy atom. The highest BCUT2D eigenvalue weighted by Gasteiger charge is 2.08. The van der Waals surface area contributed by atoms with Gasteiger partial charge in [0.05, 0.1) is 17.9 Å². The lowest BCUT2D eigenvalue weighted by Gasteiger charge is -2.10. The van der Waals surface area contributed by atoms with E-state index in [0.29, 0.717) is 17.8 Å². The van der Waals surface area contributed by atoms with Gasteiger partial charge in [0.2, 0.25) is 5.95 Å². The molecule has 23 heavy (non-hydrogen) atoms. The molecular weight excluding hydrogens is 291 g/mol. The Labute approximate surface area is 134 Å². The van der Waals surface area contributed by atoms with Gasteiger partial charge in [-0.2, -0.15) is 9.49 Å². The molecule has 4 nitrogen and oxygen atoms in total. The molecule has 3 rings (SSSR count). The number of H-pyrrole nitrogens is 1. The highest BCUT2D eigenvalue weighted by atomic mass is 19.1. The number of anilines is 1. The predicted octanol–water partition coefficient (Wildman–Crippen LogP) is 4.35. The van der Waals surface area contributed by atoms with Crippen molar-refractivity contribution in [3.05, 3.63) is 65.9 Å². The topological polar surface area (TPSA) is 53.6 Å². The van der Waals surface area contributed by atoms with Gasteiger partial charge in [-0.3, -0.25) is 5.10 Å². The van der Waals surface area contributed by atoms with E-state index in [4.69, 9.17) is 0 Å². The van der Waals surface area contributed by atoms with E-state index >= 15 is 0 Å². The molecule has 2 N–H and O–H groups in total. The summed E-state index contributed by atoms with van der Waals surface area (Å²) in [6, 6.07) is 13.6. The summed E-state index contributed by atoms with van der Waals surface area (Å²) in [7, 11) is 0. The minimum atomic E-state index is -0.384. The van der Waals surface area contributed by atoms with Crippen LogP contribution in [0.2, 0.25) is 0 Å². The van der Waals surface area contributed by atoms with Gasteiger partial charge < -0.3 is 5.32 Å². The number of hydrogen-bond donors (Lipinski definition) is 2. The van der Waals surface area contributed by atoms with Gasteiger partial charge >= 0.3 is 0 Å². The molecule has 0 amide bonds. The first-order valence-corrected chi connectivity index (χ1v) is 7.62. The van der Waals surface area contributed by atoms with Gasteiger partial charge in [0.15, 0.2) is 0 Å². The third-order valence-electron chi connectivity index (χ3n) is 3.71. The van der Waals surface area contributed by atoms with Gasteiger partial charge in [0.1, 0.15) is 0 Å². The van der Waals surface area contributed by atoms with Crippen LogP contribution in [0.4, 0.5) is 10.1 Å². The molecule has 0 saturated heterocycles. The standard InChI is InChI=1S/C18H19FN4/c1-12(2)16-7-6-15(22-18(16)19)11-20-14-5-3-4-13(10-14)17-8-9-21-23-17/h3-10,12,20H,11H2,1-2H3,(H,21,23). The number of aromatic amines is 1. The summed E-state index contributed by atoms with van der Waals surface area (Å²) >= 11 is 0. The van der Waals surface area contributed by atoms with Crippen molar-refractivity contribution >= 4 is 5.69 Å². The number of rotatable bonds is 5. The maximum atomic E-state index is 13.9. The van der Waals surface area contributed by atoms with E-state index in [1.54, 1.807) is 6.20 Å². The third-order valence-corrected chi connectivity index (χ3v) is 3.71. The van der Waals surface area contributed by atoms with Crippen LogP contribution in [0.15, 0.2) is 48.7 Å². The minimum Gasteiger partial charge on any atom is -0.379 e. The second kappa shape index (κ2) is 6.60. The van der Waals surface area contributed by atoms with Crippen LogP contribution in [-0.2, 0) is 6.54 Å². The molecule has 5 heteroatoms. The largest absolute Gasteiger partial charge is 0.379 e. The van der Waals surface area contributed by atoms with Crippen molar-refractivity contribution in [3.63, 3.8) is 0 Å². The summed E-state index contributed by atoms with van der Waals surface area (Å²) in [5.41, 5.74) is 4.28. The molecule has 2 aromatic heterocycles. The molecule has 0 aliphatic rings. The van der Waals surface area contributed by atoms with Gasteiger partial charge in [-0.1, -0.05) is 32.0 Å². The van der Waals surface area contributed by atoms with Crippen molar-refractivity contribution in [1.29, 1.82) is 0 Å². The zero-order chi connectivity index (χ0) is 16.2. The molecule has 0 aliphatic carbocycles. The van der Waals surface area contributed by atoms with E-state index in [1.807, 2.05) is 56.3 Å². The van der Waals surface area contributed by atoms with E-state index in [2.05, 4.69) is 20.5 Å². The predicted molar refractivity (Wildman–Crippen MR) is 89.6 cm³/mol. The maximum absolute atomic E-state index is 13.9. The van der Waals surface area contributed by atoms with Crippen molar-refractivity contribution in [2.75, 3.05) is 5.32 Å². The molecule has 2 heterocycles. The van der Waals surface area contributed by atoms with Crippen LogP contribution in [0, 0.1) is 5.95 Å². The number of aromatic nitrogens is 3. The van der Waals surface area contributed by atoms with Crippen LogP contribution in [0.3, 0.4) is 0 Å². The Balaban J connectivity index is 1.71. The monoisotopic (exact) mass is 310 g/mol. The quantitative estimate of drug-likeness (QED) is 0.689. The van der Waals surface area contributed by atoms with Crippen molar-refractivity contribution in [2.24, 2.45) is 0 Å². The molecule has 3 aromatic rings. The molecule has 0 unspecified atom stereocenters.